The molecule has 1 atom stereocenters. The Bertz CT molecular complexity index is 618. The first-order valence-corrected chi connectivity index (χ1v) is 8.37. The Morgan fingerprint density at radius 1 is 1.25 bits per heavy atom. The van der Waals surface area contributed by atoms with Gasteiger partial charge in [-0.2, -0.15) is 0 Å². The monoisotopic (exact) mass is 299 g/mol. The van der Waals surface area contributed by atoms with E-state index < -0.39 is 9.84 Å². The van der Waals surface area contributed by atoms with Gasteiger partial charge in [0.15, 0.2) is 9.84 Å². The van der Waals surface area contributed by atoms with E-state index >= 15 is 0 Å². The highest BCUT2D eigenvalue weighted by Gasteiger charge is 2.50. The van der Waals surface area contributed by atoms with Crippen LogP contribution >= 0.6 is 0 Å². The fourth-order valence-corrected chi connectivity index (χ4v) is 3.52. The second kappa shape index (κ2) is 4.93. The Morgan fingerprint density at radius 3 is 2.20 bits per heavy atom. The molecule has 0 aliphatic heterocycles. The molecule has 1 fully saturated rings. The third-order valence-corrected chi connectivity index (χ3v) is 5.17. The number of rotatable bonds is 5. The number of sulfone groups is 1. The van der Waals surface area contributed by atoms with Crippen molar-refractivity contribution < 1.29 is 17.9 Å². The summed E-state index contributed by atoms with van der Waals surface area (Å²) in [5.41, 5.74) is 6.71. The van der Waals surface area contributed by atoms with Crippen LogP contribution in [0.25, 0.3) is 0 Å². The lowest BCUT2D eigenvalue weighted by molar-refractivity contribution is 0.377. The van der Waals surface area contributed by atoms with Crippen molar-refractivity contribution in [2.24, 2.45) is 5.73 Å². The van der Waals surface area contributed by atoms with Gasteiger partial charge in [0.25, 0.3) is 0 Å². The number of nitrogens with two attached hydrogens (primary N) is 1. The van der Waals surface area contributed by atoms with E-state index in [1.165, 1.54) is 26.5 Å². The first-order valence-electron chi connectivity index (χ1n) is 6.48. The maximum Gasteiger partial charge on any atom is 0.179 e. The van der Waals surface area contributed by atoms with Gasteiger partial charge in [-0.1, -0.05) is 0 Å². The molecule has 1 aliphatic carbocycles. The van der Waals surface area contributed by atoms with Gasteiger partial charge in [0.2, 0.25) is 0 Å². The van der Waals surface area contributed by atoms with Crippen LogP contribution in [0.5, 0.6) is 11.5 Å². The molecule has 0 bridgehead atoms. The number of ether oxygens (including phenoxy) is 2. The Labute approximate surface area is 120 Å². The second-order valence-corrected chi connectivity index (χ2v) is 7.41. The summed E-state index contributed by atoms with van der Waals surface area (Å²) in [4.78, 5) is 0.154. The van der Waals surface area contributed by atoms with Gasteiger partial charge in [0.05, 0.1) is 14.2 Å². The van der Waals surface area contributed by atoms with E-state index in [4.69, 9.17) is 15.2 Å². The van der Waals surface area contributed by atoms with Crippen LogP contribution < -0.4 is 15.2 Å². The van der Waals surface area contributed by atoms with Crippen molar-refractivity contribution in [3.63, 3.8) is 0 Å². The van der Waals surface area contributed by atoms with Gasteiger partial charge in [-0.3, -0.25) is 0 Å². The van der Waals surface area contributed by atoms with Crippen LogP contribution in [0.2, 0.25) is 0 Å². The van der Waals surface area contributed by atoms with E-state index in [1.807, 2.05) is 13.0 Å². The van der Waals surface area contributed by atoms with Crippen molar-refractivity contribution in [1.29, 1.82) is 0 Å². The summed E-state index contributed by atoms with van der Waals surface area (Å²) in [5.74, 6) is 0.899. The molecule has 5 nitrogen and oxygen atoms in total. The SMILES string of the molecule is COc1cc(C2(C(C)N)CC2)c(OC)c(S(C)(=O)=O)c1. The molecule has 0 spiro atoms. The van der Waals surface area contributed by atoms with Crippen molar-refractivity contribution in [2.75, 3.05) is 20.5 Å². The molecule has 1 aromatic rings. The van der Waals surface area contributed by atoms with Crippen LogP contribution in [-0.4, -0.2) is 34.9 Å². The normalized spacial score (nSPS) is 18.4. The quantitative estimate of drug-likeness (QED) is 0.891. The van der Waals surface area contributed by atoms with Gasteiger partial charge < -0.3 is 15.2 Å². The van der Waals surface area contributed by atoms with E-state index in [9.17, 15) is 8.42 Å². The summed E-state index contributed by atoms with van der Waals surface area (Å²) < 4.78 is 34.6. The Morgan fingerprint density at radius 2 is 1.85 bits per heavy atom. The molecule has 0 radical (unpaired) electrons. The van der Waals surface area contributed by atoms with Gasteiger partial charge >= 0.3 is 0 Å². The molecule has 1 saturated carbocycles. The van der Waals surface area contributed by atoms with E-state index in [1.54, 1.807) is 0 Å². The average Bonchev–Trinajstić information content (AvgIpc) is 3.17. The molecule has 0 heterocycles. The van der Waals surface area contributed by atoms with E-state index in [0.29, 0.717) is 11.5 Å². The molecular formula is C14H21NO4S. The predicted octanol–water partition coefficient (Wildman–Crippen LogP) is 1.49. The minimum atomic E-state index is -3.40. The number of methoxy groups -OCH3 is 2. The van der Waals surface area contributed by atoms with E-state index in [2.05, 4.69) is 0 Å². The molecule has 112 valence electrons. The maximum atomic E-state index is 12.0. The Kier molecular flexibility index (Phi) is 3.73. The van der Waals surface area contributed by atoms with Gasteiger partial charge in [-0.05, 0) is 25.8 Å². The molecule has 0 amide bonds. The molecule has 6 heteroatoms. The highest BCUT2D eigenvalue weighted by atomic mass is 32.2. The lowest BCUT2D eigenvalue weighted by atomic mass is 9.88. The zero-order valence-electron chi connectivity index (χ0n) is 12.3. The molecule has 2 N–H and O–H groups in total. The van der Waals surface area contributed by atoms with Crippen molar-refractivity contribution in [1.82, 2.24) is 0 Å². The first kappa shape index (κ1) is 15.1. The van der Waals surface area contributed by atoms with Crippen LogP contribution in [0.15, 0.2) is 17.0 Å². The van der Waals surface area contributed by atoms with Crippen LogP contribution in [0, 0.1) is 0 Å². The van der Waals surface area contributed by atoms with E-state index in [-0.39, 0.29) is 16.4 Å². The van der Waals surface area contributed by atoms with Crippen LogP contribution in [0.3, 0.4) is 0 Å². The van der Waals surface area contributed by atoms with Gasteiger partial charge in [-0.15, -0.1) is 0 Å². The topological polar surface area (TPSA) is 78.6 Å². The number of hydrogen-bond donors (Lipinski definition) is 1. The van der Waals surface area contributed by atoms with Crippen molar-refractivity contribution >= 4 is 9.84 Å². The average molecular weight is 299 g/mol. The zero-order valence-corrected chi connectivity index (χ0v) is 13.1. The molecule has 0 saturated heterocycles. The van der Waals surface area contributed by atoms with Gasteiger partial charge in [0.1, 0.15) is 16.4 Å². The second-order valence-electron chi connectivity index (χ2n) is 5.42. The summed E-state index contributed by atoms with van der Waals surface area (Å²) in [6.45, 7) is 1.94. The van der Waals surface area contributed by atoms with Gasteiger partial charge in [-0.25, -0.2) is 8.42 Å². The molecule has 1 unspecified atom stereocenters. The Hall–Kier alpha value is -1.27. The van der Waals surface area contributed by atoms with Crippen LogP contribution in [-0.2, 0) is 15.3 Å². The smallest absolute Gasteiger partial charge is 0.179 e. The zero-order chi connectivity index (χ0) is 15.1. The Balaban J connectivity index is 2.74. The standard InChI is InChI=1S/C14H21NO4S/c1-9(15)14(5-6-14)11-7-10(18-2)8-12(13(11)19-3)20(4,16)17/h7-9H,5-6,15H2,1-4H3. The molecule has 20 heavy (non-hydrogen) atoms. The van der Waals surface area contributed by atoms with Crippen molar-refractivity contribution in [3.8, 4) is 11.5 Å². The minimum absolute atomic E-state index is 0.0732. The summed E-state index contributed by atoms with van der Waals surface area (Å²) in [6.07, 6.45) is 3.02. The van der Waals surface area contributed by atoms with Crippen molar-refractivity contribution in [2.45, 2.75) is 36.1 Å². The summed E-state index contributed by atoms with van der Waals surface area (Å²) in [6, 6.07) is 3.26. The minimum Gasteiger partial charge on any atom is -0.497 e. The molecule has 1 aliphatic rings. The predicted molar refractivity (Wildman–Crippen MR) is 77.2 cm³/mol. The summed E-state index contributed by atoms with van der Waals surface area (Å²) >= 11 is 0. The fraction of sp³-hybridized carbons (Fsp3) is 0.571. The highest BCUT2D eigenvalue weighted by molar-refractivity contribution is 7.90. The number of benzene rings is 1. The number of hydrogen-bond acceptors (Lipinski definition) is 5. The van der Waals surface area contributed by atoms with Crippen LogP contribution in [0.1, 0.15) is 25.3 Å². The maximum absolute atomic E-state index is 12.0. The molecular weight excluding hydrogens is 278 g/mol. The largest absolute Gasteiger partial charge is 0.497 e. The summed E-state index contributed by atoms with van der Waals surface area (Å²) in [7, 11) is -0.404. The lowest BCUT2D eigenvalue weighted by Gasteiger charge is -2.24. The first-order chi connectivity index (χ1) is 9.26. The highest BCUT2D eigenvalue weighted by Crippen LogP contribution is 2.55. The lowest BCUT2D eigenvalue weighted by Crippen LogP contribution is -2.32. The van der Waals surface area contributed by atoms with Crippen LogP contribution in [0.4, 0.5) is 0 Å². The fourth-order valence-electron chi connectivity index (χ4n) is 2.66. The molecule has 0 aromatic heterocycles. The molecule has 2 rings (SSSR count). The summed E-state index contributed by atoms with van der Waals surface area (Å²) in [5, 5.41) is 0. The van der Waals surface area contributed by atoms with Crippen molar-refractivity contribution in [3.05, 3.63) is 17.7 Å². The third-order valence-electron chi connectivity index (χ3n) is 4.06. The molecule has 1 aromatic carbocycles. The van der Waals surface area contributed by atoms with E-state index in [0.717, 1.165) is 18.4 Å². The van der Waals surface area contributed by atoms with Gasteiger partial charge in [0, 0.05) is 29.3 Å². The third kappa shape index (κ3) is 2.38.